The van der Waals surface area contributed by atoms with Gasteiger partial charge in [0.2, 0.25) is 0 Å². The lowest BCUT2D eigenvalue weighted by atomic mass is 10.1. The second-order valence-electron chi connectivity index (χ2n) is 4.68. The summed E-state index contributed by atoms with van der Waals surface area (Å²) < 4.78 is 1.26. The number of thiazole rings is 1. The summed E-state index contributed by atoms with van der Waals surface area (Å²) in [5.41, 5.74) is 2.38. The fourth-order valence-corrected chi connectivity index (χ4v) is 2.85. The molecule has 92 valence electrons. The van der Waals surface area contributed by atoms with Crippen LogP contribution in [0.25, 0.3) is 10.2 Å². The maximum absolute atomic E-state index is 4.63. The molecule has 3 heteroatoms. The van der Waals surface area contributed by atoms with Crippen molar-refractivity contribution in [3.63, 3.8) is 0 Å². The van der Waals surface area contributed by atoms with Gasteiger partial charge >= 0.3 is 0 Å². The molecule has 0 amide bonds. The highest BCUT2D eigenvalue weighted by molar-refractivity contribution is 7.22. The van der Waals surface area contributed by atoms with Crippen LogP contribution in [0.1, 0.15) is 38.7 Å². The molecule has 0 aliphatic rings. The SMILES string of the molecule is CCCCC(C)Nc1nc2cc(C)ccc2s1. The third-order valence-electron chi connectivity index (χ3n) is 2.90. The molecule has 2 rings (SSSR count). The molecule has 1 aromatic carbocycles. The Kier molecular flexibility index (Phi) is 4.00. The largest absolute Gasteiger partial charge is 0.359 e. The molecule has 1 atom stereocenters. The summed E-state index contributed by atoms with van der Waals surface area (Å²) >= 11 is 1.75. The minimum atomic E-state index is 0.511. The van der Waals surface area contributed by atoms with Gasteiger partial charge < -0.3 is 5.32 Å². The monoisotopic (exact) mass is 248 g/mol. The molecule has 0 aliphatic heterocycles. The zero-order valence-corrected chi connectivity index (χ0v) is 11.6. The average Bonchev–Trinajstić information content (AvgIpc) is 2.67. The average molecular weight is 248 g/mol. The van der Waals surface area contributed by atoms with E-state index in [0.717, 1.165) is 10.6 Å². The molecular formula is C14H20N2S. The van der Waals surface area contributed by atoms with Crippen LogP contribution >= 0.6 is 11.3 Å². The Morgan fingerprint density at radius 1 is 1.41 bits per heavy atom. The third kappa shape index (κ3) is 3.19. The Hall–Kier alpha value is -1.09. The molecule has 17 heavy (non-hydrogen) atoms. The van der Waals surface area contributed by atoms with Crippen LogP contribution in [0.3, 0.4) is 0 Å². The Balaban J connectivity index is 2.08. The van der Waals surface area contributed by atoms with Crippen molar-refractivity contribution in [2.45, 2.75) is 46.1 Å². The van der Waals surface area contributed by atoms with Gasteiger partial charge in [-0.25, -0.2) is 4.98 Å². The van der Waals surface area contributed by atoms with Crippen LogP contribution in [-0.2, 0) is 0 Å². The molecule has 1 unspecified atom stereocenters. The van der Waals surface area contributed by atoms with E-state index in [4.69, 9.17) is 0 Å². The predicted octanol–water partition coefficient (Wildman–Crippen LogP) is 4.60. The van der Waals surface area contributed by atoms with E-state index in [-0.39, 0.29) is 0 Å². The van der Waals surface area contributed by atoms with Crippen LogP contribution in [0.4, 0.5) is 5.13 Å². The lowest BCUT2D eigenvalue weighted by Crippen LogP contribution is -2.14. The van der Waals surface area contributed by atoms with E-state index in [1.165, 1.54) is 29.5 Å². The van der Waals surface area contributed by atoms with Gasteiger partial charge in [-0.3, -0.25) is 0 Å². The van der Waals surface area contributed by atoms with Crippen molar-refractivity contribution in [1.82, 2.24) is 4.98 Å². The number of fused-ring (bicyclic) bond motifs is 1. The van der Waals surface area contributed by atoms with Crippen LogP contribution < -0.4 is 5.32 Å². The molecule has 0 aliphatic carbocycles. The maximum Gasteiger partial charge on any atom is 0.183 e. The van der Waals surface area contributed by atoms with Crippen LogP contribution in [0.2, 0.25) is 0 Å². The highest BCUT2D eigenvalue weighted by Crippen LogP contribution is 2.27. The predicted molar refractivity (Wildman–Crippen MR) is 77.0 cm³/mol. The molecular weight excluding hydrogens is 228 g/mol. The first-order valence-corrected chi connectivity index (χ1v) is 7.14. The number of hydrogen-bond acceptors (Lipinski definition) is 3. The molecule has 0 spiro atoms. The summed E-state index contributed by atoms with van der Waals surface area (Å²) in [7, 11) is 0. The molecule has 0 radical (unpaired) electrons. The highest BCUT2D eigenvalue weighted by atomic mass is 32.1. The summed E-state index contributed by atoms with van der Waals surface area (Å²) in [4.78, 5) is 4.63. The van der Waals surface area contributed by atoms with Crippen LogP contribution in [0, 0.1) is 6.92 Å². The summed E-state index contributed by atoms with van der Waals surface area (Å²) in [6.45, 7) is 6.57. The van der Waals surface area contributed by atoms with Crippen LogP contribution in [0.5, 0.6) is 0 Å². The number of hydrogen-bond donors (Lipinski definition) is 1. The highest BCUT2D eigenvalue weighted by Gasteiger charge is 2.06. The smallest absolute Gasteiger partial charge is 0.183 e. The second-order valence-corrected chi connectivity index (χ2v) is 5.71. The van der Waals surface area contributed by atoms with E-state index in [9.17, 15) is 0 Å². The van der Waals surface area contributed by atoms with Crippen molar-refractivity contribution in [1.29, 1.82) is 0 Å². The van der Waals surface area contributed by atoms with Crippen molar-refractivity contribution in [3.05, 3.63) is 23.8 Å². The minimum absolute atomic E-state index is 0.511. The number of nitrogens with one attached hydrogen (secondary N) is 1. The van der Waals surface area contributed by atoms with Crippen molar-refractivity contribution in [2.75, 3.05) is 5.32 Å². The first-order chi connectivity index (χ1) is 8.19. The third-order valence-corrected chi connectivity index (χ3v) is 3.87. The lowest BCUT2D eigenvalue weighted by Gasteiger charge is -2.11. The van der Waals surface area contributed by atoms with E-state index in [0.29, 0.717) is 6.04 Å². The molecule has 2 nitrogen and oxygen atoms in total. The first kappa shape index (κ1) is 12.4. The van der Waals surface area contributed by atoms with E-state index in [1.54, 1.807) is 11.3 Å². The molecule has 1 N–H and O–H groups in total. The van der Waals surface area contributed by atoms with Gasteiger partial charge in [-0.2, -0.15) is 0 Å². The van der Waals surface area contributed by atoms with Crippen LogP contribution in [0.15, 0.2) is 18.2 Å². The maximum atomic E-state index is 4.63. The molecule has 1 aromatic heterocycles. The number of aromatic nitrogens is 1. The number of rotatable bonds is 5. The number of nitrogens with zero attached hydrogens (tertiary/aromatic N) is 1. The topological polar surface area (TPSA) is 24.9 Å². The number of aryl methyl sites for hydroxylation is 1. The van der Waals surface area contributed by atoms with Gasteiger partial charge in [0, 0.05) is 6.04 Å². The van der Waals surface area contributed by atoms with Crippen molar-refractivity contribution in [2.24, 2.45) is 0 Å². The Bertz CT molecular complexity index is 490. The Morgan fingerprint density at radius 2 is 2.24 bits per heavy atom. The van der Waals surface area contributed by atoms with Gasteiger partial charge in [0.05, 0.1) is 10.2 Å². The summed E-state index contributed by atoms with van der Waals surface area (Å²) in [6.07, 6.45) is 3.74. The van der Waals surface area contributed by atoms with Crippen molar-refractivity contribution >= 4 is 26.7 Å². The van der Waals surface area contributed by atoms with Gasteiger partial charge in [0.1, 0.15) is 0 Å². The normalized spacial score (nSPS) is 12.9. The van der Waals surface area contributed by atoms with Gasteiger partial charge in [0.25, 0.3) is 0 Å². The van der Waals surface area contributed by atoms with Gasteiger partial charge in [-0.15, -0.1) is 0 Å². The number of unbranched alkanes of at least 4 members (excludes halogenated alkanes) is 1. The van der Waals surface area contributed by atoms with E-state index in [2.05, 4.69) is 49.3 Å². The minimum Gasteiger partial charge on any atom is -0.359 e. The van der Waals surface area contributed by atoms with E-state index < -0.39 is 0 Å². The molecule has 0 bridgehead atoms. The van der Waals surface area contributed by atoms with Crippen molar-refractivity contribution in [3.8, 4) is 0 Å². The fourth-order valence-electron chi connectivity index (χ4n) is 1.89. The zero-order valence-electron chi connectivity index (χ0n) is 10.8. The van der Waals surface area contributed by atoms with Gasteiger partial charge in [-0.1, -0.05) is 37.2 Å². The lowest BCUT2D eigenvalue weighted by molar-refractivity contribution is 0.645. The van der Waals surface area contributed by atoms with Gasteiger partial charge in [0.15, 0.2) is 5.13 Å². The fraction of sp³-hybridized carbons (Fsp3) is 0.500. The Morgan fingerprint density at radius 3 is 3.00 bits per heavy atom. The summed E-state index contributed by atoms with van der Waals surface area (Å²) in [5.74, 6) is 0. The molecule has 1 heterocycles. The van der Waals surface area contributed by atoms with Gasteiger partial charge in [-0.05, 0) is 38.0 Å². The quantitative estimate of drug-likeness (QED) is 0.836. The zero-order chi connectivity index (χ0) is 12.3. The number of anilines is 1. The first-order valence-electron chi connectivity index (χ1n) is 6.32. The van der Waals surface area contributed by atoms with E-state index >= 15 is 0 Å². The standard InChI is InChI=1S/C14H20N2S/c1-4-5-6-11(3)15-14-16-12-9-10(2)7-8-13(12)17-14/h7-9,11H,4-6H2,1-3H3,(H,15,16). The second kappa shape index (κ2) is 5.50. The number of benzene rings is 1. The molecule has 0 saturated heterocycles. The van der Waals surface area contributed by atoms with Crippen molar-refractivity contribution < 1.29 is 0 Å². The van der Waals surface area contributed by atoms with E-state index in [1.807, 2.05) is 0 Å². The summed E-state index contributed by atoms with van der Waals surface area (Å²) in [6, 6.07) is 6.96. The van der Waals surface area contributed by atoms with Crippen LogP contribution in [-0.4, -0.2) is 11.0 Å². The molecule has 0 fully saturated rings. The Labute approximate surface area is 107 Å². The molecule has 2 aromatic rings. The molecule has 0 saturated carbocycles. The summed E-state index contributed by atoms with van der Waals surface area (Å²) in [5, 5.41) is 4.54.